The van der Waals surface area contributed by atoms with Crippen molar-refractivity contribution in [1.82, 2.24) is 9.55 Å². The quantitative estimate of drug-likeness (QED) is 0.560. The summed E-state index contributed by atoms with van der Waals surface area (Å²) >= 11 is 0. The third-order valence-corrected chi connectivity index (χ3v) is 3.97. The van der Waals surface area contributed by atoms with Crippen LogP contribution in [0.1, 0.15) is 17.0 Å². The van der Waals surface area contributed by atoms with E-state index in [0.717, 1.165) is 22.3 Å². The number of fused-ring (bicyclic) bond motifs is 1. The number of nitrogens with zero attached hydrogens (tertiary/aromatic N) is 3. The lowest BCUT2D eigenvalue weighted by Gasteiger charge is -2.04. The molecule has 3 aromatic rings. The number of aliphatic hydroxyl groups is 1. The van der Waals surface area contributed by atoms with Crippen molar-refractivity contribution in [3.8, 4) is 5.75 Å². The van der Waals surface area contributed by atoms with Gasteiger partial charge < -0.3 is 14.8 Å². The second-order valence-electron chi connectivity index (χ2n) is 5.52. The van der Waals surface area contributed by atoms with Crippen molar-refractivity contribution in [2.45, 2.75) is 13.0 Å². The summed E-state index contributed by atoms with van der Waals surface area (Å²) < 4.78 is 1.85. The van der Waals surface area contributed by atoms with Crippen molar-refractivity contribution in [3.05, 3.63) is 66.0 Å². The van der Waals surface area contributed by atoms with Gasteiger partial charge in [0, 0.05) is 18.8 Å². The molecule has 0 aliphatic rings. The zero-order chi connectivity index (χ0) is 17.1. The molecular formula is C19H19N3O2. The molecule has 0 aliphatic carbocycles. The number of benzene rings is 2. The van der Waals surface area contributed by atoms with E-state index in [1.165, 1.54) is 0 Å². The van der Waals surface area contributed by atoms with Crippen LogP contribution >= 0.6 is 0 Å². The van der Waals surface area contributed by atoms with E-state index < -0.39 is 0 Å². The van der Waals surface area contributed by atoms with Crippen LogP contribution in [-0.4, -0.2) is 26.0 Å². The van der Waals surface area contributed by atoms with Gasteiger partial charge in [0.1, 0.15) is 18.2 Å². The molecule has 0 saturated heterocycles. The van der Waals surface area contributed by atoms with Crippen LogP contribution in [0.25, 0.3) is 11.0 Å². The molecular weight excluding hydrogens is 302 g/mol. The number of aromatic nitrogens is 2. The summed E-state index contributed by atoms with van der Waals surface area (Å²) in [5.41, 5.74) is 3.93. The topological polar surface area (TPSA) is 70.6 Å². The minimum Gasteiger partial charge on any atom is -0.507 e. The van der Waals surface area contributed by atoms with E-state index in [9.17, 15) is 10.2 Å². The summed E-state index contributed by atoms with van der Waals surface area (Å²) in [5.74, 6) is 0.837. The predicted molar refractivity (Wildman–Crippen MR) is 95.9 cm³/mol. The maximum absolute atomic E-state index is 10.3. The second kappa shape index (κ2) is 6.68. The Balaban J connectivity index is 1.93. The van der Waals surface area contributed by atoms with E-state index >= 15 is 0 Å². The van der Waals surface area contributed by atoms with Crippen molar-refractivity contribution in [2.75, 3.05) is 0 Å². The third-order valence-electron chi connectivity index (χ3n) is 3.97. The number of phenolic OH excluding ortho intramolecular Hbond substituents is 1. The van der Waals surface area contributed by atoms with E-state index in [1.54, 1.807) is 12.3 Å². The Morgan fingerprint density at radius 1 is 1.29 bits per heavy atom. The van der Waals surface area contributed by atoms with Crippen molar-refractivity contribution in [3.63, 3.8) is 0 Å². The Morgan fingerprint density at radius 2 is 2.12 bits per heavy atom. The Hall–Kier alpha value is -2.92. The lowest BCUT2D eigenvalue weighted by Crippen LogP contribution is -1.96. The molecule has 0 radical (unpaired) electrons. The number of allylic oxidation sites excluding steroid dienone is 1. The van der Waals surface area contributed by atoms with Crippen molar-refractivity contribution in [2.24, 2.45) is 12.0 Å². The van der Waals surface area contributed by atoms with Gasteiger partial charge in [-0.25, -0.2) is 4.98 Å². The lowest BCUT2D eigenvalue weighted by atomic mass is 10.1. The number of aliphatic imine (C=N–C) groups is 1. The van der Waals surface area contributed by atoms with Gasteiger partial charge in [0.25, 0.3) is 0 Å². The van der Waals surface area contributed by atoms with E-state index in [1.807, 2.05) is 48.0 Å². The van der Waals surface area contributed by atoms with Gasteiger partial charge in [-0.3, -0.25) is 4.99 Å². The van der Waals surface area contributed by atoms with Crippen LogP contribution in [0.5, 0.6) is 5.75 Å². The number of aryl methyl sites for hydroxylation is 1. The highest BCUT2D eigenvalue weighted by Crippen LogP contribution is 2.24. The van der Waals surface area contributed by atoms with Gasteiger partial charge in [-0.2, -0.15) is 0 Å². The SMILES string of the molecule is C=CCc1cccc(C=Nc2ccc3c(c2)nc(CO)n3C)c1O. The number of hydrogen-bond donors (Lipinski definition) is 2. The first-order chi connectivity index (χ1) is 11.6. The standard InChI is InChI=1S/C19H19N3O2/c1-3-5-13-6-4-7-14(19(13)24)11-20-15-8-9-17-16(10-15)21-18(12-23)22(17)2/h3-4,6-11,23-24H,1,5,12H2,2H3. The maximum atomic E-state index is 10.3. The molecule has 2 aromatic carbocycles. The van der Waals surface area contributed by atoms with Crippen LogP contribution < -0.4 is 0 Å². The zero-order valence-corrected chi connectivity index (χ0v) is 13.5. The van der Waals surface area contributed by atoms with Crippen LogP contribution in [0, 0.1) is 0 Å². The van der Waals surface area contributed by atoms with E-state index in [0.29, 0.717) is 17.8 Å². The number of rotatable bonds is 5. The van der Waals surface area contributed by atoms with Crippen molar-refractivity contribution in [1.29, 1.82) is 0 Å². The first-order valence-electron chi connectivity index (χ1n) is 7.66. The number of phenols is 1. The molecule has 0 atom stereocenters. The van der Waals surface area contributed by atoms with Gasteiger partial charge in [0.2, 0.25) is 0 Å². The Labute approximate surface area is 140 Å². The zero-order valence-electron chi connectivity index (χ0n) is 13.5. The molecule has 0 bridgehead atoms. The Bertz CT molecular complexity index is 926. The first kappa shape index (κ1) is 16.0. The highest BCUT2D eigenvalue weighted by atomic mass is 16.3. The van der Waals surface area contributed by atoms with E-state index in [4.69, 9.17) is 0 Å². The molecule has 0 saturated carbocycles. The van der Waals surface area contributed by atoms with Crippen LogP contribution in [0.15, 0.2) is 54.0 Å². The monoisotopic (exact) mass is 321 g/mol. The van der Waals surface area contributed by atoms with Crippen LogP contribution in [0.2, 0.25) is 0 Å². The molecule has 3 rings (SSSR count). The average molecular weight is 321 g/mol. The molecule has 0 fully saturated rings. The minimum absolute atomic E-state index is 0.103. The summed E-state index contributed by atoms with van der Waals surface area (Å²) in [7, 11) is 1.87. The largest absolute Gasteiger partial charge is 0.507 e. The number of para-hydroxylation sites is 1. The van der Waals surface area contributed by atoms with E-state index in [2.05, 4.69) is 16.6 Å². The molecule has 24 heavy (non-hydrogen) atoms. The molecule has 0 unspecified atom stereocenters. The minimum atomic E-state index is -0.103. The Kier molecular flexibility index (Phi) is 4.44. The number of imidazole rings is 1. The summed E-state index contributed by atoms with van der Waals surface area (Å²) in [4.78, 5) is 8.81. The number of hydrogen-bond acceptors (Lipinski definition) is 4. The van der Waals surface area contributed by atoms with Crippen LogP contribution in [0.3, 0.4) is 0 Å². The van der Waals surface area contributed by atoms with Gasteiger partial charge in [-0.05, 0) is 36.2 Å². The predicted octanol–water partition coefficient (Wildman–Crippen LogP) is 3.25. The molecule has 0 aliphatic heterocycles. The van der Waals surface area contributed by atoms with Gasteiger partial charge in [-0.15, -0.1) is 6.58 Å². The number of aromatic hydroxyl groups is 1. The molecule has 0 spiro atoms. The molecule has 1 heterocycles. The molecule has 1 aromatic heterocycles. The van der Waals surface area contributed by atoms with Gasteiger partial charge in [0.15, 0.2) is 0 Å². The summed E-state index contributed by atoms with van der Waals surface area (Å²) in [6.45, 7) is 3.59. The molecule has 5 nitrogen and oxygen atoms in total. The summed E-state index contributed by atoms with van der Waals surface area (Å²) in [5, 5.41) is 19.6. The lowest BCUT2D eigenvalue weighted by molar-refractivity contribution is 0.268. The summed E-state index contributed by atoms with van der Waals surface area (Å²) in [6.07, 6.45) is 4.00. The Morgan fingerprint density at radius 3 is 2.88 bits per heavy atom. The van der Waals surface area contributed by atoms with Crippen molar-refractivity contribution < 1.29 is 10.2 Å². The maximum Gasteiger partial charge on any atom is 0.135 e. The fraction of sp³-hybridized carbons (Fsp3) is 0.158. The fourth-order valence-electron chi connectivity index (χ4n) is 2.64. The number of aliphatic hydroxyl groups excluding tert-OH is 1. The molecule has 5 heteroatoms. The smallest absolute Gasteiger partial charge is 0.135 e. The average Bonchev–Trinajstić information content (AvgIpc) is 2.91. The highest BCUT2D eigenvalue weighted by molar-refractivity contribution is 5.87. The third kappa shape index (κ3) is 2.94. The summed E-state index contributed by atoms with van der Waals surface area (Å²) in [6, 6.07) is 11.2. The van der Waals surface area contributed by atoms with Gasteiger partial charge in [0.05, 0.1) is 16.7 Å². The fourth-order valence-corrected chi connectivity index (χ4v) is 2.64. The molecule has 122 valence electrons. The first-order valence-corrected chi connectivity index (χ1v) is 7.66. The van der Waals surface area contributed by atoms with Crippen LogP contribution in [-0.2, 0) is 20.1 Å². The highest BCUT2D eigenvalue weighted by Gasteiger charge is 2.07. The van der Waals surface area contributed by atoms with Crippen LogP contribution in [0.4, 0.5) is 5.69 Å². The normalized spacial score (nSPS) is 11.4. The van der Waals surface area contributed by atoms with E-state index in [-0.39, 0.29) is 12.4 Å². The molecule has 2 N–H and O–H groups in total. The van der Waals surface area contributed by atoms with Gasteiger partial charge >= 0.3 is 0 Å². The molecule has 0 amide bonds. The van der Waals surface area contributed by atoms with Gasteiger partial charge in [-0.1, -0.05) is 18.2 Å². The van der Waals surface area contributed by atoms with Crippen molar-refractivity contribution >= 4 is 22.9 Å². The second-order valence-corrected chi connectivity index (χ2v) is 5.52.